The van der Waals surface area contributed by atoms with Gasteiger partial charge in [0.25, 0.3) is 0 Å². The lowest BCUT2D eigenvalue weighted by Gasteiger charge is -2.40. The van der Waals surface area contributed by atoms with Gasteiger partial charge in [-0.05, 0) is 34.6 Å². The summed E-state index contributed by atoms with van der Waals surface area (Å²) < 4.78 is 5.69. The van der Waals surface area contributed by atoms with Gasteiger partial charge in [0.15, 0.2) is 0 Å². The lowest BCUT2D eigenvalue weighted by atomic mass is 9.90. The molecule has 25 heavy (non-hydrogen) atoms. The Bertz CT molecular complexity index is 681. The molecule has 6 heteroatoms. The van der Waals surface area contributed by atoms with Crippen LogP contribution in [0.2, 0.25) is 0 Å². The second-order valence-electron chi connectivity index (χ2n) is 6.40. The van der Waals surface area contributed by atoms with Gasteiger partial charge in [-0.1, -0.05) is 31.2 Å². The van der Waals surface area contributed by atoms with Crippen LogP contribution in [0.1, 0.15) is 34.6 Å². The largest absolute Gasteiger partial charge is 0.394 e. The number of hydrogen-bond acceptors (Lipinski definition) is 6. The monoisotopic (exact) mass is 364 g/mol. The molecule has 5 atom stereocenters. The quantitative estimate of drug-likeness (QED) is 0.644. The van der Waals surface area contributed by atoms with Crippen LogP contribution >= 0.6 is 11.3 Å². The standard InChI is InChI=1S/C19H24O5S/c1-2-11-3-5-12(6-4-11)9-15-13(7-8-25-15)19-18(23)17(22)16(21)14(10-20)24-19/h3-8,14,16-23H,2,9-10H2,1H3/t14-,16-,17+,18-,19+/m1/s1. The third-order valence-electron chi connectivity index (χ3n) is 4.77. The summed E-state index contributed by atoms with van der Waals surface area (Å²) in [4.78, 5) is 1.04. The first-order valence-electron chi connectivity index (χ1n) is 8.49. The van der Waals surface area contributed by atoms with Crippen molar-refractivity contribution in [1.29, 1.82) is 0 Å². The van der Waals surface area contributed by atoms with Crippen molar-refractivity contribution in [1.82, 2.24) is 0 Å². The van der Waals surface area contributed by atoms with Gasteiger partial charge in [0, 0.05) is 11.3 Å². The fourth-order valence-electron chi connectivity index (χ4n) is 3.18. The molecule has 2 heterocycles. The molecular formula is C19H24O5S. The fourth-order valence-corrected chi connectivity index (χ4v) is 4.13. The number of aliphatic hydroxyl groups excluding tert-OH is 4. The van der Waals surface area contributed by atoms with Crippen LogP contribution in [-0.4, -0.2) is 51.4 Å². The number of ether oxygens (including phenoxy) is 1. The Morgan fingerprint density at radius 3 is 2.28 bits per heavy atom. The van der Waals surface area contributed by atoms with Gasteiger partial charge in [0.1, 0.15) is 30.5 Å². The molecule has 3 rings (SSSR count). The number of aliphatic hydroxyl groups is 4. The van der Waals surface area contributed by atoms with Crippen molar-refractivity contribution < 1.29 is 25.2 Å². The minimum absolute atomic E-state index is 0.417. The van der Waals surface area contributed by atoms with Gasteiger partial charge in [-0.25, -0.2) is 0 Å². The summed E-state index contributed by atoms with van der Waals surface area (Å²) >= 11 is 1.56. The molecule has 4 N–H and O–H groups in total. The molecule has 0 amide bonds. The molecule has 0 bridgehead atoms. The number of aryl methyl sites for hydroxylation is 1. The Hall–Kier alpha value is -1.28. The molecule has 1 aromatic carbocycles. The van der Waals surface area contributed by atoms with Crippen LogP contribution in [0, 0.1) is 0 Å². The lowest BCUT2D eigenvalue weighted by Crippen LogP contribution is -2.55. The van der Waals surface area contributed by atoms with Gasteiger partial charge in [0.2, 0.25) is 0 Å². The molecule has 1 aromatic heterocycles. The molecule has 0 aliphatic carbocycles. The molecule has 1 fully saturated rings. The maximum Gasteiger partial charge on any atom is 0.113 e. The van der Waals surface area contributed by atoms with E-state index in [0.29, 0.717) is 6.42 Å². The maximum atomic E-state index is 10.3. The Labute approximate surface area is 151 Å². The molecule has 0 unspecified atom stereocenters. The molecular weight excluding hydrogens is 340 g/mol. The molecule has 0 radical (unpaired) electrons. The first-order valence-corrected chi connectivity index (χ1v) is 9.37. The predicted octanol–water partition coefficient (Wildman–Crippen LogP) is 1.42. The minimum atomic E-state index is -1.35. The van der Waals surface area contributed by atoms with Gasteiger partial charge in [-0.3, -0.25) is 0 Å². The summed E-state index contributed by atoms with van der Waals surface area (Å²) in [5.41, 5.74) is 3.23. The SMILES string of the molecule is CCc1ccc(Cc2sccc2[C@@H]2O[C@H](CO)[C@@H](O)[C@H](O)[C@H]2O)cc1. The van der Waals surface area contributed by atoms with E-state index >= 15 is 0 Å². The van der Waals surface area contributed by atoms with Crippen LogP contribution in [0.15, 0.2) is 35.7 Å². The maximum absolute atomic E-state index is 10.3. The predicted molar refractivity (Wildman–Crippen MR) is 95.7 cm³/mol. The van der Waals surface area contributed by atoms with Gasteiger partial charge >= 0.3 is 0 Å². The normalized spacial score (nSPS) is 29.7. The fraction of sp³-hybridized carbons (Fsp3) is 0.474. The Balaban J connectivity index is 1.82. The summed E-state index contributed by atoms with van der Waals surface area (Å²) in [6.45, 7) is 1.70. The molecule has 136 valence electrons. The van der Waals surface area contributed by atoms with Crippen LogP contribution in [0.4, 0.5) is 0 Å². The molecule has 1 aliphatic heterocycles. The molecule has 1 aliphatic rings. The first-order chi connectivity index (χ1) is 12.0. The minimum Gasteiger partial charge on any atom is -0.394 e. The van der Waals surface area contributed by atoms with Crippen molar-refractivity contribution in [3.63, 3.8) is 0 Å². The molecule has 5 nitrogen and oxygen atoms in total. The summed E-state index contributed by atoms with van der Waals surface area (Å²) in [7, 11) is 0. The van der Waals surface area contributed by atoms with E-state index in [-0.39, 0.29) is 0 Å². The third-order valence-corrected chi connectivity index (χ3v) is 5.71. The summed E-state index contributed by atoms with van der Waals surface area (Å²) in [6, 6.07) is 10.3. The van der Waals surface area contributed by atoms with E-state index in [1.54, 1.807) is 11.3 Å². The van der Waals surface area contributed by atoms with Crippen molar-refractivity contribution in [3.05, 3.63) is 57.3 Å². The Kier molecular flexibility index (Phi) is 5.89. The number of benzene rings is 1. The molecule has 2 aromatic rings. The van der Waals surface area contributed by atoms with Crippen LogP contribution in [-0.2, 0) is 17.6 Å². The highest BCUT2D eigenvalue weighted by Gasteiger charge is 2.44. The van der Waals surface area contributed by atoms with Crippen LogP contribution in [0.25, 0.3) is 0 Å². The second kappa shape index (κ2) is 7.95. The van der Waals surface area contributed by atoms with E-state index in [1.807, 2.05) is 11.4 Å². The molecule has 0 spiro atoms. The van der Waals surface area contributed by atoms with E-state index in [0.717, 1.165) is 22.4 Å². The second-order valence-corrected chi connectivity index (χ2v) is 7.40. The van der Waals surface area contributed by atoms with Crippen molar-refractivity contribution >= 4 is 11.3 Å². The lowest BCUT2D eigenvalue weighted by molar-refractivity contribution is -0.231. The van der Waals surface area contributed by atoms with Crippen molar-refractivity contribution in [2.75, 3.05) is 6.61 Å². The smallest absolute Gasteiger partial charge is 0.113 e. The highest BCUT2D eigenvalue weighted by molar-refractivity contribution is 7.10. The van der Waals surface area contributed by atoms with E-state index in [9.17, 15) is 20.4 Å². The van der Waals surface area contributed by atoms with Gasteiger partial charge in [-0.15, -0.1) is 11.3 Å². The molecule has 0 saturated carbocycles. The number of rotatable bonds is 5. The summed E-state index contributed by atoms with van der Waals surface area (Å²) in [6.07, 6.45) is -3.89. The topological polar surface area (TPSA) is 90.2 Å². The van der Waals surface area contributed by atoms with Crippen LogP contribution in [0.3, 0.4) is 0 Å². The summed E-state index contributed by atoms with van der Waals surface area (Å²) in [5.74, 6) is 0. The van der Waals surface area contributed by atoms with E-state index in [1.165, 1.54) is 5.56 Å². The third kappa shape index (κ3) is 3.79. The molecule has 1 saturated heterocycles. The zero-order valence-corrected chi connectivity index (χ0v) is 14.9. The summed E-state index contributed by atoms with van der Waals surface area (Å²) in [5, 5.41) is 41.6. The highest BCUT2D eigenvalue weighted by atomic mass is 32.1. The van der Waals surface area contributed by atoms with E-state index in [4.69, 9.17) is 4.74 Å². The van der Waals surface area contributed by atoms with Crippen molar-refractivity contribution in [3.8, 4) is 0 Å². The zero-order chi connectivity index (χ0) is 18.0. The van der Waals surface area contributed by atoms with Gasteiger partial charge < -0.3 is 25.2 Å². The first kappa shape index (κ1) is 18.5. The number of thiophene rings is 1. The van der Waals surface area contributed by atoms with Crippen molar-refractivity contribution in [2.24, 2.45) is 0 Å². The Morgan fingerprint density at radius 1 is 0.960 bits per heavy atom. The van der Waals surface area contributed by atoms with Crippen molar-refractivity contribution in [2.45, 2.75) is 50.3 Å². The highest BCUT2D eigenvalue weighted by Crippen LogP contribution is 2.36. The van der Waals surface area contributed by atoms with Gasteiger partial charge in [0.05, 0.1) is 6.61 Å². The Morgan fingerprint density at radius 2 is 1.64 bits per heavy atom. The van der Waals surface area contributed by atoms with E-state index in [2.05, 4.69) is 31.2 Å². The number of hydrogen-bond donors (Lipinski definition) is 4. The van der Waals surface area contributed by atoms with Crippen LogP contribution < -0.4 is 0 Å². The van der Waals surface area contributed by atoms with Gasteiger partial charge in [-0.2, -0.15) is 0 Å². The van der Waals surface area contributed by atoms with Crippen LogP contribution in [0.5, 0.6) is 0 Å². The average molecular weight is 364 g/mol. The van der Waals surface area contributed by atoms with E-state index < -0.39 is 37.1 Å². The average Bonchev–Trinajstić information content (AvgIpc) is 3.08. The zero-order valence-electron chi connectivity index (χ0n) is 14.1.